The summed E-state index contributed by atoms with van der Waals surface area (Å²) in [4.78, 5) is 14.8. The van der Waals surface area contributed by atoms with E-state index in [0.29, 0.717) is 11.4 Å². The molecule has 0 spiro atoms. The molecule has 0 heterocycles. The van der Waals surface area contributed by atoms with Gasteiger partial charge in [0.05, 0.1) is 10.6 Å². The quantitative estimate of drug-likeness (QED) is 0.755. The lowest BCUT2D eigenvalue weighted by molar-refractivity contribution is -0.118. The van der Waals surface area contributed by atoms with E-state index in [4.69, 9.17) is 0 Å². The highest BCUT2D eigenvalue weighted by Gasteiger charge is 2.22. The van der Waals surface area contributed by atoms with E-state index in [0.717, 1.165) is 41.6 Å². The Morgan fingerprint density at radius 2 is 1.78 bits per heavy atom. The number of hydrogen-bond acceptors (Lipinski definition) is 3. The van der Waals surface area contributed by atoms with Crippen molar-refractivity contribution in [3.8, 4) is 0 Å². The first-order chi connectivity index (χ1) is 12.8. The molecule has 1 amide bonds. The lowest BCUT2D eigenvalue weighted by Gasteiger charge is -2.23. The number of hydrogen-bond donors (Lipinski definition) is 0. The number of aryl methyl sites for hydroxylation is 4. The second-order valence-electron chi connectivity index (χ2n) is 7.28. The van der Waals surface area contributed by atoms with E-state index in [-0.39, 0.29) is 18.1 Å². The molecule has 0 bridgehead atoms. The van der Waals surface area contributed by atoms with E-state index < -0.39 is 9.84 Å². The number of carbonyl (C=O) groups is 1. The lowest BCUT2D eigenvalue weighted by atomic mass is 10.1. The summed E-state index contributed by atoms with van der Waals surface area (Å²) < 4.78 is 25.5. The third kappa shape index (κ3) is 4.24. The molecule has 1 aliphatic rings. The molecule has 0 atom stereocenters. The number of amides is 1. The molecular formula is C22H27NO3S. The highest BCUT2D eigenvalue weighted by molar-refractivity contribution is 7.91. The highest BCUT2D eigenvalue weighted by atomic mass is 32.2. The minimum atomic E-state index is -3.47. The van der Waals surface area contributed by atoms with Crippen molar-refractivity contribution in [2.45, 2.75) is 51.3 Å². The zero-order chi connectivity index (χ0) is 19.6. The molecule has 4 nitrogen and oxygen atoms in total. The molecule has 0 radical (unpaired) electrons. The number of nitrogens with zero attached hydrogens (tertiary/aromatic N) is 1. The van der Waals surface area contributed by atoms with Gasteiger partial charge in [-0.05, 0) is 80.5 Å². The van der Waals surface area contributed by atoms with Gasteiger partial charge in [-0.3, -0.25) is 4.79 Å². The SMILES string of the molecule is CCN(C(=O)CCS(=O)(=O)c1ccc2c(c1)CCC2)c1cc(C)ccc1C. The van der Waals surface area contributed by atoms with E-state index in [1.54, 1.807) is 17.0 Å². The average Bonchev–Trinajstić information content (AvgIpc) is 3.11. The fourth-order valence-electron chi connectivity index (χ4n) is 3.71. The first-order valence-corrected chi connectivity index (χ1v) is 11.2. The standard InChI is InChI=1S/C22H27NO3S/c1-4-23(21-14-16(2)8-9-17(21)3)22(24)12-13-27(25,26)20-11-10-18-6-5-7-19(18)15-20/h8-11,14-15H,4-7,12-13H2,1-3H3. The van der Waals surface area contributed by atoms with Gasteiger partial charge in [0.25, 0.3) is 0 Å². The van der Waals surface area contributed by atoms with Crippen molar-refractivity contribution >= 4 is 21.4 Å². The Kier molecular flexibility index (Phi) is 5.70. The minimum absolute atomic E-state index is 0.0133. The van der Waals surface area contributed by atoms with Crippen LogP contribution in [0, 0.1) is 13.8 Å². The van der Waals surface area contributed by atoms with Gasteiger partial charge < -0.3 is 4.90 Å². The molecule has 0 N–H and O–H groups in total. The summed E-state index contributed by atoms with van der Waals surface area (Å²) in [6.45, 7) is 6.38. The molecular weight excluding hydrogens is 358 g/mol. The Hall–Kier alpha value is -2.14. The zero-order valence-electron chi connectivity index (χ0n) is 16.3. The molecule has 0 saturated heterocycles. The largest absolute Gasteiger partial charge is 0.312 e. The van der Waals surface area contributed by atoms with E-state index in [9.17, 15) is 13.2 Å². The summed E-state index contributed by atoms with van der Waals surface area (Å²) in [5.41, 5.74) is 5.33. The maximum absolute atomic E-state index is 12.8. The normalized spacial score (nSPS) is 13.4. The van der Waals surface area contributed by atoms with Gasteiger partial charge >= 0.3 is 0 Å². The van der Waals surface area contributed by atoms with Crippen LogP contribution < -0.4 is 4.90 Å². The van der Waals surface area contributed by atoms with Crippen molar-refractivity contribution < 1.29 is 13.2 Å². The molecule has 0 aromatic heterocycles. The van der Waals surface area contributed by atoms with E-state index in [2.05, 4.69) is 0 Å². The van der Waals surface area contributed by atoms with Crippen LogP contribution in [-0.2, 0) is 27.5 Å². The van der Waals surface area contributed by atoms with Crippen molar-refractivity contribution in [1.82, 2.24) is 0 Å². The summed E-state index contributed by atoms with van der Waals surface area (Å²) in [5.74, 6) is -0.317. The monoisotopic (exact) mass is 385 g/mol. The smallest absolute Gasteiger partial charge is 0.228 e. The molecule has 1 aliphatic carbocycles. The molecule has 2 aromatic rings. The van der Waals surface area contributed by atoms with Gasteiger partial charge in [-0.25, -0.2) is 8.42 Å². The first-order valence-electron chi connectivity index (χ1n) is 9.54. The van der Waals surface area contributed by atoms with Crippen LogP contribution in [-0.4, -0.2) is 26.6 Å². The molecule has 3 rings (SSSR count). The summed E-state index contributed by atoms with van der Waals surface area (Å²) in [7, 11) is -3.47. The molecule has 2 aromatic carbocycles. The van der Waals surface area contributed by atoms with Gasteiger partial charge in [0.1, 0.15) is 0 Å². The van der Waals surface area contributed by atoms with Crippen LogP contribution in [0.3, 0.4) is 0 Å². The van der Waals surface area contributed by atoms with Gasteiger partial charge in [0, 0.05) is 18.7 Å². The van der Waals surface area contributed by atoms with Gasteiger partial charge in [-0.15, -0.1) is 0 Å². The number of benzene rings is 2. The number of fused-ring (bicyclic) bond motifs is 1. The van der Waals surface area contributed by atoms with Crippen molar-refractivity contribution in [1.29, 1.82) is 0 Å². The van der Waals surface area contributed by atoms with Gasteiger partial charge in [0.2, 0.25) is 5.91 Å². The Bertz CT molecular complexity index is 964. The number of anilines is 1. The van der Waals surface area contributed by atoms with Gasteiger partial charge in [0.15, 0.2) is 9.84 Å². The van der Waals surface area contributed by atoms with Crippen molar-refractivity contribution in [3.05, 3.63) is 58.7 Å². The van der Waals surface area contributed by atoms with Crippen LogP contribution in [0.4, 0.5) is 5.69 Å². The van der Waals surface area contributed by atoms with Crippen LogP contribution in [0.25, 0.3) is 0 Å². The molecule has 27 heavy (non-hydrogen) atoms. The second-order valence-corrected chi connectivity index (χ2v) is 9.39. The topological polar surface area (TPSA) is 54.5 Å². The van der Waals surface area contributed by atoms with E-state index >= 15 is 0 Å². The Morgan fingerprint density at radius 1 is 1.04 bits per heavy atom. The van der Waals surface area contributed by atoms with Crippen LogP contribution in [0.5, 0.6) is 0 Å². The van der Waals surface area contributed by atoms with Gasteiger partial charge in [-0.1, -0.05) is 18.2 Å². The number of rotatable bonds is 6. The van der Waals surface area contributed by atoms with Gasteiger partial charge in [-0.2, -0.15) is 0 Å². The molecule has 5 heteroatoms. The highest BCUT2D eigenvalue weighted by Crippen LogP contribution is 2.26. The lowest BCUT2D eigenvalue weighted by Crippen LogP contribution is -2.32. The van der Waals surface area contributed by atoms with Crippen molar-refractivity contribution in [2.24, 2.45) is 0 Å². The fourth-order valence-corrected chi connectivity index (χ4v) is 4.98. The predicted octanol–water partition coefficient (Wildman–Crippen LogP) is 4.01. The molecule has 0 fully saturated rings. The van der Waals surface area contributed by atoms with Crippen LogP contribution in [0.1, 0.15) is 42.0 Å². The van der Waals surface area contributed by atoms with Crippen molar-refractivity contribution in [3.63, 3.8) is 0 Å². The molecule has 144 valence electrons. The molecule has 0 unspecified atom stereocenters. The Labute approximate surface area is 162 Å². The molecule has 0 aliphatic heterocycles. The third-order valence-electron chi connectivity index (χ3n) is 5.29. The maximum Gasteiger partial charge on any atom is 0.228 e. The summed E-state index contributed by atoms with van der Waals surface area (Å²) in [6, 6.07) is 11.4. The number of sulfone groups is 1. The van der Waals surface area contributed by atoms with Crippen molar-refractivity contribution in [2.75, 3.05) is 17.2 Å². The number of carbonyl (C=O) groups excluding carboxylic acids is 1. The summed E-state index contributed by atoms with van der Waals surface area (Å²) >= 11 is 0. The maximum atomic E-state index is 12.8. The molecule has 0 saturated carbocycles. The second kappa shape index (κ2) is 7.85. The Morgan fingerprint density at radius 3 is 2.52 bits per heavy atom. The first kappa shape index (κ1) is 19.6. The van der Waals surface area contributed by atoms with E-state index in [1.165, 1.54) is 5.56 Å². The predicted molar refractivity (Wildman–Crippen MR) is 109 cm³/mol. The third-order valence-corrected chi connectivity index (χ3v) is 7.00. The fraction of sp³-hybridized carbons (Fsp3) is 0.409. The van der Waals surface area contributed by atoms with Crippen LogP contribution in [0.15, 0.2) is 41.3 Å². The summed E-state index contributed by atoms with van der Waals surface area (Å²) in [5, 5.41) is 0. The minimum Gasteiger partial charge on any atom is -0.312 e. The van der Waals surface area contributed by atoms with E-state index in [1.807, 2.05) is 45.0 Å². The zero-order valence-corrected chi connectivity index (χ0v) is 17.1. The summed E-state index contributed by atoms with van der Waals surface area (Å²) in [6.07, 6.45) is 3.03. The van der Waals surface area contributed by atoms with Crippen LogP contribution >= 0.6 is 0 Å². The average molecular weight is 386 g/mol. The Balaban J connectivity index is 1.74. The van der Waals surface area contributed by atoms with Crippen LogP contribution in [0.2, 0.25) is 0 Å².